The number of likely N-dealkylation sites (tertiary alicyclic amines) is 1. The van der Waals surface area contributed by atoms with E-state index in [-0.39, 0.29) is 41.4 Å². The van der Waals surface area contributed by atoms with Gasteiger partial charge in [-0.25, -0.2) is 0 Å². The van der Waals surface area contributed by atoms with Gasteiger partial charge >= 0.3 is 0 Å². The molecular weight excluding hydrogens is 428 g/mol. The molecule has 0 spiro atoms. The fraction of sp³-hybridized carbons (Fsp3) is 0.393. The lowest BCUT2D eigenvalue weighted by Gasteiger charge is -2.31. The minimum atomic E-state index is -0.282. The lowest BCUT2D eigenvalue weighted by Crippen LogP contribution is -2.33. The molecule has 1 aromatic heterocycles. The van der Waals surface area contributed by atoms with Crippen molar-refractivity contribution in [1.29, 1.82) is 0 Å². The van der Waals surface area contributed by atoms with Gasteiger partial charge in [0.1, 0.15) is 5.75 Å². The number of carbonyl (C=O) groups excluding carboxylic acids is 2. The quantitative estimate of drug-likeness (QED) is 0.511. The van der Waals surface area contributed by atoms with Crippen LogP contribution in [0.4, 0.5) is 0 Å². The lowest BCUT2D eigenvalue weighted by molar-refractivity contribution is -0.138. The number of allylic oxidation sites excluding steroid dienone is 2. The normalized spacial score (nSPS) is 26.8. The Kier molecular flexibility index (Phi) is 6.09. The SMILES string of the molecule is CCC1=C2[C@@H](CC/C(=C/c3ccc(O)cc3)c3ccccn3)OC[C@@H]2[C@@H]2C(=O)N(C)C(=O)[C@@H]2C1. The van der Waals surface area contributed by atoms with Crippen molar-refractivity contribution in [3.05, 3.63) is 71.1 Å². The minimum absolute atomic E-state index is 0.000483. The fourth-order valence-electron chi connectivity index (χ4n) is 5.85. The van der Waals surface area contributed by atoms with E-state index in [0.29, 0.717) is 13.0 Å². The first-order chi connectivity index (χ1) is 16.5. The predicted octanol–water partition coefficient (Wildman–Crippen LogP) is 4.46. The summed E-state index contributed by atoms with van der Waals surface area (Å²) in [5.41, 5.74) is 5.54. The van der Waals surface area contributed by atoms with Gasteiger partial charge in [0.05, 0.1) is 30.2 Å². The van der Waals surface area contributed by atoms with E-state index in [2.05, 4.69) is 18.0 Å². The van der Waals surface area contributed by atoms with E-state index >= 15 is 0 Å². The Morgan fingerprint density at radius 1 is 1.15 bits per heavy atom. The zero-order valence-corrected chi connectivity index (χ0v) is 19.6. The van der Waals surface area contributed by atoms with Gasteiger partial charge in [0.25, 0.3) is 0 Å². The molecule has 2 amide bonds. The summed E-state index contributed by atoms with van der Waals surface area (Å²) in [6.45, 7) is 2.63. The third-order valence-electron chi connectivity index (χ3n) is 7.56. The highest BCUT2D eigenvalue weighted by molar-refractivity contribution is 6.05. The van der Waals surface area contributed by atoms with Crippen LogP contribution in [0, 0.1) is 17.8 Å². The predicted molar refractivity (Wildman–Crippen MR) is 129 cm³/mol. The Hall–Kier alpha value is -3.25. The molecule has 2 aromatic rings. The number of phenols is 1. The molecule has 4 atom stereocenters. The number of aromatic hydroxyl groups is 1. The Labute approximate surface area is 200 Å². The number of fused-ring (bicyclic) bond motifs is 3. The van der Waals surface area contributed by atoms with Crippen molar-refractivity contribution in [2.45, 2.75) is 38.7 Å². The molecule has 6 nitrogen and oxygen atoms in total. The van der Waals surface area contributed by atoms with Crippen LogP contribution in [0.3, 0.4) is 0 Å². The molecule has 34 heavy (non-hydrogen) atoms. The summed E-state index contributed by atoms with van der Waals surface area (Å²) in [5, 5.41) is 9.63. The van der Waals surface area contributed by atoms with Crippen molar-refractivity contribution in [3.8, 4) is 5.75 Å². The van der Waals surface area contributed by atoms with Crippen LogP contribution >= 0.6 is 0 Å². The molecule has 1 aliphatic carbocycles. The number of pyridine rings is 1. The summed E-state index contributed by atoms with van der Waals surface area (Å²) in [6.07, 6.45) is 6.92. The zero-order chi connectivity index (χ0) is 23.8. The average molecular weight is 459 g/mol. The third kappa shape index (κ3) is 3.96. The van der Waals surface area contributed by atoms with Crippen LogP contribution in [0.2, 0.25) is 0 Å². The molecule has 6 heteroatoms. The van der Waals surface area contributed by atoms with Gasteiger partial charge in [-0.2, -0.15) is 0 Å². The molecule has 3 aliphatic rings. The van der Waals surface area contributed by atoms with Gasteiger partial charge in [-0.1, -0.05) is 30.7 Å². The molecule has 2 saturated heterocycles. The monoisotopic (exact) mass is 458 g/mol. The highest BCUT2D eigenvalue weighted by Crippen LogP contribution is 2.50. The van der Waals surface area contributed by atoms with Gasteiger partial charge < -0.3 is 9.84 Å². The summed E-state index contributed by atoms with van der Waals surface area (Å²) < 4.78 is 6.29. The Bertz CT molecular complexity index is 1150. The van der Waals surface area contributed by atoms with E-state index in [9.17, 15) is 14.7 Å². The molecule has 0 saturated carbocycles. The number of carbonyl (C=O) groups is 2. The maximum atomic E-state index is 12.9. The van der Waals surface area contributed by atoms with Crippen LogP contribution in [0.5, 0.6) is 5.75 Å². The van der Waals surface area contributed by atoms with Crippen molar-refractivity contribution in [1.82, 2.24) is 9.88 Å². The number of imide groups is 1. The van der Waals surface area contributed by atoms with Crippen molar-refractivity contribution in [3.63, 3.8) is 0 Å². The number of phenolic OH excluding ortho intramolecular Hbond substituents is 1. The number of rotatable bonds is 6. The van der Waals surface area contributed by atoms with Crippen molar-refractivity contribution in [2.75, 3.05) is 13.7 Å². The number of hydrogen-bond donors (Lipinski definition) is 1. The summed E-state index contributed by atoms with van der Waals surface area (Å²) >= 11 is 0. The second kappa shape index (κ2) is 9.18. The molecule has 3 heterocycles. The fourth-order valence-corrected chi connectivity index (χ4v) is 5.85. The average Bonchev–Trinajstić information content (AvgIpc) is 3.38. The third-order valence-corrected chi connectivity index (χ3v) is 7.56. The summed E-state index contributed by atoms with van der Waals surface area (Å²) in [4.78, 5) is 31.4. The maximum absolute atomic E-state index is 12.9. The summed E-state index contributed by atoms with van der Waals surface area (Å²) in [6, 6.07) is 13.0. The van der Waals surface area contributed by atoms with E-state index in [1.165, 1.54) is 16.0 Å². The minimum Gasteiger partial charge on any atom is -0.508 e. The molecule has 176 valence electrons. The first-order valence-corrected chi connectivity index (χ1v) is 12.0. The van der Waals surface area contributed by atoms with Crippen molar-refractivity contribution in [2.24, 2.45) is 17.8 Å². The Balaban J connectivity index is 1.41. The van der Waals surface area contributed by atoms with Gasteiger partial charge in [0, 0.05) is 19.2 Å². The summed E-state index contributed by atoms with van der Waals surface area (Å²) in [7, 11) is 1.61. The van der Waals surface area contributed by atoms with Gasteiger partial charge in [-0.15, -0.1) is 0 Å². The van der Waals surface area contributed by atoms with Crippen LogP contribution in [0.15, 0.2) is 59.8 Å². The van der Waals surface area contributed by atoms with Gasteiger partial charge in [-0.3, -0.25) is 19.5 Å². The molecule has 2 aliphatic heterocycles. The Morgan fingerprint density at radius 2 is 1.94 bits per heavy atom. The van der Waals surface area contributed by atoms with E-state index in [4.69, 9.17) is 4.74 Å². The van der Waals surface area contributed by atoms with Crippen molar-refractivity contribution < 1.29 is 19.4 Å². The van der Waals surface area contributed by atoms with Crippen LogP contribution in [-0.2, 0) is 14.3 Å². The number of hydrogen-bond acceptors (Lipinski definition) is 5. The number of ether oxygens (including phenoxy) is 1. The van der Waals surface area contributed by atoms with E-state index < -0.39 is 0 Å². The van der Waals surface area contributed by atoms with Crippen molar-refractivity contribution >= 4 is 23.5 Å². The van der Waals surface area contributed by atoms with Gasteiger partial charge in [-0.05, 0) is 72.7 Å². The number of benzene rings is 1. The van der Waals surface area contributed by atoms with Crippen LogP contribution in [-0.4, -0.2) is 46.6 Å². The first-order valence-electron chi connectivity index (χ1n) is 12.0. The topological polar surface area (TPSA) is 79.7 Å². The Morgan fingerprint density at radius 3 is 2.65 bits per heavy atom. The van der Waals surface area contributed by atoms with Gasteiger partial charge in [0.15, 0.2) is 0 Å². The van der Waals surface area contributed by atoms with E-state index in [0.717, 1.165) is 36.1 Å². The highest BCUT2D eigenvalue weighted by atomic mass is 16.5. The molecule has 0 unspecified atom stereocenters. The lowest BCUT2D eigenvalue weighted by atomic mass is 9.69. The van der Waals surface area contributed by atoms with Crippen LogP contribution in [0.1, 0.15) is 43.9 Å². The molecular formula is C28H30N2O4. The van der Waals surface area contributed by atoms with E-state index in [1.54, 1.807) is 25.4 Å². The standard InChI is InChI=1S/C28H30N2O4/c1-3-18-15-21-26(28(33)30(2)27(21)32)22-16-34-24(25(18)22)12-9-19(23-6-4-5-13-29-23)14-17-7-10-20(31)11-8-17/h4-8,10-11,13-14,21-22,24,26,31H,3,9,12,15-16H2,1-2H3/b19-14-/t21-,22+,24-,26-/m1/s1. The second-order valence-corrected chi connectivity index (χ2v) is 9.43. The summed E-state index contributed by atoms with van der Waals surface area (Å²) in [5.74, 6) is -0.379. The molecule has 2 fully saturated rings. The smallest absolute Gasteiger partial charge is 0.233 e. The van der Waals surface area contributed by atoms with Crippen LogP contribution < -0.4 is 0 Å². The maximum Gasteiger partial charge on any atom is 0.233 e. The van der Waals surface area contributed by atoms with Crippen LogP contribution in [0.25, 0.3) is 11.6 Å². The molecule has 5 rings (SSSR count). The van der Waals surface area contributed by atoms with Gasteiger partial charge in [0.2, 0.25) is 11.8 Å². The number of nitrogens with zero attached hydrogens (tertiary/aromatic N) is 2. The number of aromatic nitrogens is 1. The molecule has 0 radical (unpaired) electrons. The zero-order valence-electron chi connectivity index (χ0n) is 19.6. The van der Waals surface area contributed by atoms with E-state index in [1.807, 2.05) is 30.3 Å². The largest absolute Gasteiger partial charge is 0.508 e. The number of amides is 2. The second-order valence-electron chi connectivity index (χ2n) is 9.43. The highest BCUT2D eigenvalue weighted by Gasteiger charge is 2.55. The molecule has 1 N–H and O–H groups in total. The molecule has 1 aromatic carbocycles. The first kappa shape index (κ1) is 22.5. The molecule has 0 bridgehead atoms.